The summed E-state index contributed by atoms with van der Waals surface area (Å²) < 4.78 is 26.7. The van der Waals surface area contributed by atoms with E-state index in [0.29, 0.717) is 13.0 Å². The number of hydrogen-bond donors (Lipinski definition) is 2. The molecule has 1 aliphatic heterocycles. The quantitative estimate of drug-likeness (QED) is 0.804. The molecule has 1 saturated heterocycles. The molecular formula is C13H28N2O2S. The number of rotatable bonds is 5. The lowest BCUT2D eigenvalue weighted by atomic mass is 9.81. The fraction of sp³-hybridized carbons (Fsp3) is 1.00. The van der Waals surface area contributed by atoms with E-state index < -0.39 is 10.0 Å². The summed E-state index contributed by atoms with van der Waals surface area (Å²) in [5, 5.41) is 3.30. The fourth-order valence-electron chi connectivity index (χ4n) is 2.00. The molecule has 0 amide bonds. The number of nitrogens with one attached hydrogen (secondary N) is 2. The second kappa shape index (κ2) is 5.88. The van der Waals surface area contributed by atoms with Gasteiger partial charge in [0, 0.05) is 6.54 Å². The lowest BCUT2D eigenvalue weighted by Crippen LogP contribution is -2.43. The van der Waals surface area contributed by atoms with E-state index in [9.17, 15) is 8.42 Å². The Morgan fingerprint density at radius 1 is 1.22 bits per heavy atom. The molecule has 4 nitrogen and oxygen atoms in total. The SMILES string of the molecule is CC(C)(C)CCS(=O)(=O)NCC1(C)CCNCC1. The van der Waals surface area contributed by atoms with Crippen molar-refractivity contribution >= 4 is 10.0 Å². The van der Waals surface area contributed by atoms with Crippen LogP contribution in [0.2, 0.25) is 0 Å². The first-order valence-corrected chi connectivity index (χ1v) is 8.45. The molecule has 1 aliphatic rings. The van der Waals surface area contributed by atoms with Gasteiger partial charge < -0.3 is 5.32 Å². The number of sulfonamides is 1. The lowest BCUT2D eigenvalue weighted by Gasteiger charge is -2.34. The van der Waals surface area contributed by atoms with Crippen LogP contribution in [0, 0.1) is 10.8 Å². The molecule has 0 aliphatic carbocycles. The van der Waals surface area contributed by atoms with Gasteiger partial charge in [-0.1, -0.05) is 27.7 Å². The smallest absolute Gasteiger partial charge is 0.211 e. The standard InChI is InChI=1S/C13H28N2O2S/c1-12(2,3)7-10-18(16,17)15-11-13(4)5-8-14-9-6-13/h14-15H,5-11H2,1-4H3. The van der Waals surface area contributed by atoms with E-state index in [-0.39, 0.29) is 16.6 Å². The highest BCUT2D eigenvalue weighted by Crippen LogP contribution is 2.27. The second-order valence-corrected chi connectivity index (χ2v) is 8.94. The monoisotopic (exact) mass is 276 g/mol. The van der Waals surface area contributed by atoms with E-state index >= 15 is 0 Å². The van der Waals surface area contributed by atoms with Gasteiger partial charge in [0.25, 0.3) is 0 Å². The summed E-state index contributed by atoms with van der Waals surface area (Å²) in [6.07, 6.45) is 2.77. The summed E-state index contributed by atoms with van der Waals surface area (Å²) in [4.78, 5) is 0. The maximum absolute atomic E-state index is 11.9. The molecule has 0 bridgehead atoms. The van der Waals surface area contributed by atoms with Crippen molar-refractivity contribution in [3.8, 4) is 0 Å². The van der Waals surface area contributed by atoms with Gasteiger partial charge >= 0.3 is 0 Å². The van der Waals surface area contributed by atoms with Gasteiger partial charge in [0.05, 0.1) is 5.75 Å². The minimum absolute atomic E-state index is 0.0629. The molecule has 0 aromatic carbocycles. The van der Waals surface area contributed by atoms with Crippen LogP contribution in [-0.2, 0) is 10.0 Å². The van der Waals surface area contributed by atoms with Crippen LogP contribution in [-0.4, -0.2) is 33.8 Å². The van der Waals surface area contributed by atoms with Crippen LogP contribution >= 0.6 is 0 Å². The van der Waals surface area contributed by atoms with Gasteiger partial charge in [-0.3, -0.25) is 0 Å². The second-order valence-electron chi connectivity index (χ2n) is 7.01. The first-order valence-electron chi connectivity index (χ1n) is 6.80. The van der Waals surface area contributed by atoms with Gasteiger partial charge in [0.15, 0.2) is 0 Å². The van der Waals surface area contributed by atoms with E-state index in [1.807, 2.05) is 0 Å². The van der Waals surface area contributed by atoms with Crippen molar-refractivity contribution in [2.24, 2.45) is 10.8 Å². The minimum Gasteiger partial charge on any atom is -0.317 e. The summed E-state index contributed by atoms with van der Waals surface area (Å²) in [5.74, 6) is 0.227. The Kier molecular flexibility index (Phi) is 5.21. The van der Waals surface area contributed by atoms with E-state index in [1.54, 1.807) is 0 Å². The summed E-state index contributed by atoms with van der Waals surface area (Å²) in [6.45, 7) is 10.9. The molecule has 1 rings (SSSR count). The van der Waals surface area contributed by atoms with Gasteiger partial charge in [-0.05, 0) is 43.2 Å². The van der Waals surface area contributed by atoms with Gasteiger partial charge in [-0.2, -0.15) is 0 Å². The number of hydrogen-bond acceptors (Lipinski definition) is 3. The van der Waals surface area contributed by atoms with Crippen molar-refractivity contribution in [1.82, 2.24) is 10.0 Å². The molecule has 0 saturated carbocycles. The molecule has 5 heteroatoms. The normalized spacial score (nSPS) is 20.9. The molecule has 0 spiro atoms. The summed E-state index contributed by atoms with van der Waals surface area (Å²) in [7, 11) is -3.12. The van der Waals surface area contributed by atoms with E-state index in [2.05, 4.69) is 37.7 Å². The Hall–Kier alpha value is -0.130. The van der Waals surface area contributed by atoms with Crippen LogP contribution in [0.4, 0.5) is 0 Å². The molecule has 1 heterocycles. The van der Waals surface area contributed by atoms with Crippen molar-refractivity contribution in [2.75, 3.05) is 25.4 Å². The average molecular weight is 276 g/mol. The van der Waals surface area contributed by atoms with Gasteiger partial charge in [-0.25, -0.2) is 13.1 Å². The molecule has 108 valence electrons. The van der Waals surface area contributed by atoms with Crippen molar-refractivity contribution in [2.45, 2.75) is 47.0 Å². The predicted molar refractivity (Wildman–Crippen MR) is 76.1 cm³/mol. The van der Waals surface area contributed by atoms with Crippen molar-refractivity contribution in [3.05, 3.63) is 0 Å². The van der Waals surface area contributed by atoms with Crippen molar-refractivity contribution in [1.29, 1.82) is 0 Å². The zero-order valence-electron chi connectivity index (χ0n) is 12.2. The van der Waals surface area contributed by atoms with Crippen molar-refractivity contribution in [3.63, 3.8) is 0 Å². The van der Waals surface area contributed by atoms with Crippen LogP contribution in [0.5, 0.6) is 0 Å². The zero-order valence-corrected chi connectivity index (χ0v) is 13.0. The maximum Gasteiger partial charge on any atom is 0.211 e. The van der Waals surface area contributed by atoms with Crippen LogP contribution in [0.25, 0.3) is 0 Å². The highest BCUT2D eigenvalue weighted by atomic mass is 32.2. The predicted octanol–water partition coefficient (Wildman–Crippen LogP) is 1.73. The summed E-state index contributed by atoms with van der Waals surface area (Å²) >= 11 is 0. The topological polar surface area (TPSA) is 58.2 Å². The van der Waals surface area contributed by atoms with Crippen LogP contribution < -0.4 is 10.0 Å². The summed E-state index contributed by atoms with van der Waals surface area (Å²) in [5.41, 5.74) is 0.174. The molecule has 2 N–H and O–H groups in total. The van der Waals surface area contributed by atoms with Crippen LogP contribution in [0.3, 0.4) is 0 Å². The lowest BCUT2D eigenvalue weighted by molar-refractivity contribution is 0.232. The molecule has 0 radical (unpaired) electrons. The van der Waals surface area contributed by atoms with E-state index in [4.69, 9.17) is 0 Å². The molecule has 18 heavy (non-hydrogen) atoms. The van der Waals surface area contributed by atoms with Crippen LogP contribution in [0.15, 0.2) is 0 Å². The molecule has 1 fully saturated rings. The van der Waals surface area contributed by atoms with Gasteiger partial charge in [0.2, 0.25) is 10.0 Å². The Morgan fingerprint density at radius 3 is 2.28 bits per heavy atom. The number of piperidine rings is 1. The Balaban J connectivity index is 2.41. The minimum atomic E-state index is -3.12. The summed E-state index contributed by atoms with van der Waals surface area (Å²) in [6, 6.07) is 0. The Bertz CT molecular complexity index is 352. The average Bonchev–Trinajstić information content (AvgIpc) is 2.25. The van der Waals surface area contributed by atoms with Crippen LogP contribution in [0.1, 0.15) is 47.0 Å². The third kappa shape index (κ3) is 6.16. The Labute approximate surface area is 112 Å². The molecule has 0 aromatic heterocycles. The first kappa shape index (κ1) is 15.9. The third-order valence-electron chi connectivity index (χ3n) is 3.65. The largest absolute Gasteiger partial charge is 0.317 e. The molecular weight excluding hydrogens is 248 g/mol. The highest BCUT2D eigenvalue weighted by molar-refractivity contribution is 7.89. The molecule has 0 atom stereocenters. The molecule has 0 aromatic rings. The van der Waals surface area contributed by atoms with Gasteiger partial charge in [0.1, 0.15) is 0 Å². The zero-order chi connectivity index (χ0) is 13.9. The third-order valence-corrected chi connectivity index (χ3v) is 4.98. The maximum atomic E-state index is 11.9. The van der Waals surface area contributed by atoms with E-state index in [0.717, 1.165) is 25.9 Å². The van der Waals surface area contributed by atoms with Gasteiger partial charge in [-0.15, -0.1) is 0 Å². The first-order chi connectivity index (χ1) is 8.12. The van der Waals surface area contributed by atoms with Crippen molar-refractivity contribution < 1.29 is 8.42 Å². The van der Waals surface area contributed by atoms with E-state index in [1.165, 1.54) is 0 Å². The fourth-order valence-corrected chi connectivity index (χ4v) is 3.60. The molecule has 0 unspecified atom stereocenters. The Morgan fingerprint density at radius 2 is 1.78 bits per heavy atom. The highest BCUT2D eigenvalue weighted by Gasteiger charge is 2.28.